The van der Waals surface area contributed by atoms with Gasteiger partial charge >= 0.3 is 0 Å². The van der Waals surface area contributed by atoms with Crippen molar-refractivity contribution in [3.05, 3.63) is 59.9 Å². The predicted octanol–water partition coefficient (Wildman–Crippen LogP) is 3.73. The Kier molecular flexibility index (Phi) is 4.58. The number of amides is 1. The molecule has 2 aromatic rings. The van der Waals surface area contributed by atoms with E-state index in [4.69, 9.17) is 0 Å². The second-order valence-corrected chi connectivity index (χ2v) is 4.96. The van der Waals surface area contributed by atoms with E-state index in [0.29, 0.717) is 0 Å². The number of hydrogen-bond acceptors (Lipinski definition) is 2. The molecule has 2 aromatic carbocycles. The fourth-order valence-corrected chi connectivity index (χ4v) is 2.15. The van der Waals surface area contributed by atoms with Crippen molar-refractivity contribution in [1.82, 2.24) is 0 Å². The standard InChI is InChI=1S/C15H14FNOS/c1-19-14-4-2-3-13(10-14)17-15(18)9-11-5-7-12(16)8-6-11/h2-8,10H,9H2,1H3,(H,17,18). The molecule has 0 aliphatic carbocycles. The second kappa shape index (κ2) is 6.38. The van der Waals surface area contributed by atoms with Crippen LogP contribution in [0.15, 0.2) is 53.4 Å². The summed E-state index contributed by atoms with van der Waals surface area (Å²) in [4.78, 5) is 13.0. The van der Waals surface area contributed by atoms with E-state index >= 15 is 0 Å². The largest absolute Gasteiger partial charge is 0.326 e. The summed E-state index contributed by atoms with van der Waals surface area (Å²) in [6.07, 6.45) is 2.23. The molecule has 19 heavy (non-hydrogen) atoms. The summed E-state index contributed by atoms with van der Waals surface area (Å²) in [5.74, 6) is -0.401. The summed E-state index contributed by atoms with van der Waals surface area (Å²) in [6, 6.07) is 13.6. The summed E-state index contributed by atoms with van der Waals surface area (Å²) < 4.78 is 12.8. The molecule has 0 aromatic heterocycles. The van der Waals surface area contributed by atoms with Gasteiger partial charge in [0, 0.05) is 10.6 Å². The topological polar surface area (TPSA) is 29.1 Å². The molecule has 0 spiro atoms. The Balaban J connectivity index is 1.99. The van der Waals surface area contributed by atoms with Crippen molar-refractivity contribution in [2.75, 3.05) is 11.6 Å². The van der Waals surface area contributed by atoms with Crippen LogP contribution in [0.3, 0.4) is 0 Å². The first-order valence-corrected chi connectivity index (χ1v) is 7.08. The van der Waals surface area contributed by atoms with Gasteiger partial charge in [0.1, 0.15) is 5.82 Å². The van der Waals surface area contributed by atoms with Gasteiger partial charge in [-0.25, -0.2) is 4.39 Å². The van der Waals surface area contributed by atoms with E-state index < -0.39 is 0 Å². The monoisotopic (exact) mass is 275 g/mol. The third-order valence-electron chi connectivity index (χ3n) is 2.63. The number of rotatable bonds is 4. The highest BCUT2D eigenvalue weighted by Crippen LogP contribution is 2.19. The number of anilines is 1. The molecule has 0 unspecified atom stereocenters. The fraction of sp³-hybridized carbons (Fsp3) is 0.133. The first kappa shape index (κ1) is 13.6. The summed E-state index contributed by atoms with van der Waals surface area (Å²) in [5, 5.41) is 2.83. The molecular weight excluding hydrogens is 261 g/mol. The number of nitrogens with one attached hydrogen (secondary N) is 1. The molecule has 0 saturated carbocycles. The number of carbonyl (C=O) groups is 1. The molecule has 1 amide bonds. The van der Waals surface area contributed by atoms with Crippen LogP contribution in [0, 0.1) is 5.82 Å². The van der Waals surface area contributed by atoms with E-state index in [9.17, 15) is 9.18 Å². The van der Waals surface area contributed by atoms with E-state index in [-0.39, 0.29) is 18.1 Å². The minimum absolute atomic E-state index is 0.107. The maximum Gasteiger partial charge on any atom is 0.228 e. The Morgan fingerprint density at radius 3 is 2.63 bits per heavy atom. The van der Waals surface area contributed by atoms with Gasteiger partial charge < -0.3 is 5.32 Å². The maximum atomic E-state index is 12.8. The van der Waals surface area contributed by atoms with Crippen LogP contribution in [0.1, 0.15) is 5.56 Å². The lowest BCUT2D eigenvalue weighted by molar-refractivity contribution is -0.115. The zero-order chi connectivity index (χ0) is 13.7. The lowest BCUT2D eigenvalue weighted by Crippen LogP contribution is -2.14. The summed E-state index contributed by atoms with van der Waals surface area (Å²) >= 11 is 1.62. The summed E-state index contributed by atoms with van der Waals surface area (Å²) in [6.45, 7) is 0. The van der Waals surface area contributed by atoms with E-state index in [2.05, 4.69) is 5.32 Å². The predicted molar refractivity (Wildman–Crippen MR) is 77.0 cm³/mol. The number of halogens is 1. The molecule has 4 heteroatoms. The molecular formula is C15H14FNOS. The SMILES string of the molecule is CSc1cccc(NC(=O)Cc2ccc(F)cc2)c1. The smallest absolute Gasteiger partial charge is 0.228 e. The molecule has 98 valence electrons. The summed E-state index contributed by atoms with van der Waals surface area (Å²) in [5.41, 5.74) is 1.57. The molecule has 0 aliphatic rings. The molecule has 0 fully saturated rings. The Morgan fingerprint density at radius 1 is 1.21 bits per heavy atom. The Labute approximate surface area is 116 Å². The van der Waals surface area contributed by atoms with Crippen molar-refractivity contribution in [2.45, 2.75) is 11.3 Å². The quantitative estimate of drug-likeness (QED) is 0.861. The van der Waals surface area contributed by atoms with E-state index in [0.717, 1.165) is 16.1 Å². The molecule has 0 bridgehead atoms. The second-order valence-electron chi connectivity index (χ2n) is 4.08. The van der Waals surface area contributed by atoms with Gasteiger partial charge in [0.2, 0.25) is 5.91 Å². The molecule has 2 rings (SSSR count). The lowest BCUT2D eigenvalue weighted by Gasteiger charge is -2.06. The van der Waals surface area contributed by atoms with Gasteiger partial charge in [-0.1, -0.05) is 18.2 Å². The molecule has 0 saturated heterocycles. The highest BCUT2D eigenvalue weighted by atomic mass is 32.2. The highest BCUT2D eigenvalue weighted by molar-refractivity contribution is 7.98. The van der Waals surface area contributed by atoms with Crippen molar-refractivity contribution in [1.29, 1.82) is 0 Å². The lowest BCUT2D eigenvalue weighted by atomic mass is 10.1. The third kappa shape index (κ3) is 4.10. The molecule has 0 radical (unpaired) electrons. The average Bonchev–Trinajstić information content (AvgIpc) is 2.41. The van der Waals surface area contributed by atoms with Gasteiger partial charge in [0.25, 0.3) is 0 Å². The van der Waals surface area contributed by atoms with Crippen molar-refractivity contribution < 1.29 is 9.18 Å². The van der Waals surface area contributed by atoms with Crippen LogP contribution in [0.2, 0.25) is 0 Å². The van der Waals surface area contributed by atoms with Crippen LogP contribution in [0.25, 0.3) is 0 Å². The van der Waals surface area contributed by atoms with Crippen LogP contribution in [-0.2, 0) is 11.2 Å². The minimum Gasteiger partial charge on any atom is -0.326 e. The van der Waals surface area contributed by atoms with E-state index in [1.54, 1.807) is 23.9 Å². The van der Waals surface area contributed by atoms with Crippen LogP contribution >= 0.6 is 11.8 Å². The highest BCUT2D eigenvalue weighted by Gasteiger charge is 2.04. The van der Waals surface area contributed by atoms with Gasteiger partial charge in [-0.3, -0.25) is 4.79 Å². The Bertz CT molecular complexity index is 569. The average molecular weight is 275 g/mol. The minimum atomic E-state index is -0.295. The maximum absolute atomic E-state index is 12.8. The first-order chi connectivity index (χ1) is 9.17. The van der Waals surface area contributed by atoms with Crippen LogP contribution in [0.5, 0.6) is 0 Å². The van der Waals surface area contributed by atoms with Crippen molar-refractivity contribution in [2.24, 2.45) is 0 Å². The number of carbonyl (C=O) groups excluding carboxylic acids is 1. The molecule has 0 aliphatic heterocycles. The van der Waals surface area contributed by atoms with Gasteiger partial charge in [-0.05, 0) is 42.2 Å². The van der Waals surface area contributed by atoms with Crippen LogP contribution in [0.4, 0.5) is 10.1 Å². The Morgan fingerprint density at radius 2 is 1.95 bits per heavy atom. The summed E-state index contributed by atoms with van der Waals surface area (Å²) in [7, 11) is 0. The first-order valence-electron chi connectivity index (χ1n) is 5.86. The number of hydrogen-bond donors (Lipinski definition) is 1. The molecule has 2 nitrogen and oxygen atoms in total. The third-order valence-corrected chi connectivity index (χ3v) is 3.36. The van der Waals surface area contributed by atoms with Gasteiger partial charge in [-0.2, -0.15) is 0 Å². The number of thioether (sulfide) groups is 1. The van der Waals surface area contributed by atoms with Crippen molar-refractivity contribution in [3.63, 3.8) is 0 Å². The number of benzene rings is 2. The zero-order valence-corrected chi connectivity index (χ0v) is 11.3. The molecule has 0 heterocycles. The Hall–Kier alpha value is -1.81. The molecule has 1 N–H and O–H groups in total. The molecule has 0 atom stereocenters. The normalized spacial score (nSPS) is 10.2. The van der Waals surface area contributed by atoms with E-state index in [1.165, 1.54) is 12.1 Å². The van der Waals surface area contributed by atoms with Gasteiger partial charge in [0.05, 0.1) is 6.42 Å². The van der Waals surface area contributed by atoms with E-state index in [1.807, 2.05) is 30.5 Å². The van der Waals surface area contributed by atoms with Gasteiger partial charge in [-0.15, -0.1) is 11.8 Å². The van der Waals surface area contributed by atoms with Crippen LogP contribution < -0.4 is 5.32 Å². The van der Waals surface area contributed by atoms with Gasteiger partial charge in [0.15, 0.2) is 0 Å². The van der Waals surface area contributed by atoms with Crippen LogP contribution in [-0.4, -0.2) is 12.2 Å². The van der Waals surface area contributed by atoms with Crippen molar-refractivity contribution >= 4 is 23.4 Å². The van der Waals surface area contributed by atoms with Crippen molar-refractivity contribution in [3.8, 4) is 0 Å². The zero-order valence-electron chi connectivity index (χ0n) is 10.5. The fourth-order valence-electron chi connectivity index (χ4n) is 1.69.